The lowest BCUT2D eigenvalue weighted by Gasteiger charge is -2.05. The summed E-state index contributed by atoms with van der Waals surface area (Å²) >= 11 is 1.24. The molecule has 0 spiro atoms. The molecule has 0 fully saturated rings. The third kappa shape index (κ3) is 5.34. The second-order valence-corrected chi connectivity index (χ2v) is 7.47. The first kappa shape index (κ1) is 17.4. The van der Waals surface area contributed by atoms with Crippen molar-refractivity contribution >= 4 is 32.4 Å². The van der Waals surface area contributed by atoms with E-state index in [-0.39, 0.29) is 17.3 Å². The van der Waals surface area contributed by atoms with Gasteiger partial charge in [0.2, 0.25) is 21.1 Å². The van der Waals surface area contributed by atoms with Crippen molar-refractivity contribution in [1.29, 1.82) is 0 Å². The van der Waals surface area contributed by atoms with Gasteiger partial charge in [0.25, 0.3) is 0 Å². The summed E-state index contributed by atoms with van der Waals surface area (Å²) in [4.78, 5) is 10.9. The summed E-state index contributed by atoms with van der Waals surface area (Å²) in [5, 5.41) is 11.4. The average Bonchev–Trinajstić information content (AvgIpc) is 2.91. The van der Waals surface area contributed by atoms with Crippen LogP contribution in [-0.2, 0) is 21.2 Å². The highest BCUT2D eigenvalue weighted by Gasteiger charge is 2.13. The lowest BCUT2D eigenvalue weighted by molar-refractivity contribution is -0.114. The highest BCUT2D eigenvalue weighted by atomic mass is 32.2. The van der Waals surface area contributed by atoms with E-state index in [1.807, 2.05) is 0 Å². The molecule has 0 aliphatic carbocycles. The zero-order valence-electron chi connectivity index (χ0n) is 12.2. The number of aryl methyl sites for hydroxylation is 1. The van der Waals surface area contributed by atoms with Gasteiger partial charge in [0.05, 0.1) is 4.90 Å². The average molecular weight is 358 g/mol. The Morgan fingerprint density at radius 1 is 1.26 bits per heavy atom. The van der Waals surface area contributed by atoms with Crippen molar-refractivity contribution in [3.05, 3.63) is 35.1 Å². The van der Waals surface area contributed by atoms with Crippen molar-refractivity contribution in [2.75, 3.05) is 11.9 Å². The van der Waals surface area contributed by atoms with Crippen LogP contribution in [-0.4, -0.2) is 31.1 Å². The van der Waals surface area contributed by atoms with E-state index in [9.17, 15) is 17.6 Å². The van der Waals surface area contributed by atoms with Crippen molar-refractivity contribution in [2.45, 2.75) is 24.7 Å². The number of rotatable bonds is 7. The van der Waals surface area contributed by atoms with Gasteiger partial charge in [-0.15, -0.1) is 10.2 Å². The topological polar surface area (TPSA) is 101 Å². The number of halogens is 1. The number of hydrogen-bond donors (Lipinski definition) is 2. The second-order valence-electron chi connectivity index (χ2n) is 4.64. The summed E-state index contributed by atoms with van der Waals surface area (Å²) in [6, 6.07) is 4.61. The third-order valence-corrected chi connectivity index (χ3v) is 5.11. The summed E-state index contributed by atoms with van der Waals surface area (Å²) in [7, 11) is -3.65. The number of aromatic nitrogens is 2. The normalized spacial score (nSPS) is 11.4. The van der Waals surface area contributed by atoms with Gasteiger partial charge < -0.3 is 5.32 Å². The lowest BCUT2D eigenvalue weighted by atomic mass is 10.3. The first-order valence-corrected chi connectivity index (χ1v) is 9.02. The molecule has 124 valence electrons. The van der Waals surface area contributed by atoms with E-state index in [0.717, 1.165) is 12.1 Å². The largest absolute Gasteiger partial charge is 0.301 e. The van der Waals surface area contributed by atoms with Crippen LogP contribution in [0, 0.1) is 5.82 Å². The Morgan fingerprint density at radius 3 is 2.61 bits per heavy atom. The fourth-order valence-corrected chi connectivity index (χ4v) is 3.60. The molecule has 0 bridgehead atoms. The number of amides is 1. The van der Waals surface area contributed by atoms with E-state index >= 15 is 0 Å². The van der Waals surface area contributed by atoms with Crippen LogP contribution in [0.15, 0.2) is 29.2 Å². The molecule has 1 amide bonds. The zero-order chi connectivity index (χ0) is 16.9. The quantitative estimate of drug-likeness (QED) is 0.731. The fourth-order valence-electron chi connectivity index (χ4n) is 1.70. The van der Waals surface area contributed by atoms with Crippen LogP contribution in [0.1, 0.15) is 18.4 Å². The Hall–Kier alpha value is -1.91. The highest BCUT2D eigenvalue weighted by molar-refractivity contribution is 7.89. The summed E-state index contributed by atoms with van der Waals surface area (Å²) in [5.74, 6) is -0.713. The number of sulfonamides is 1. The molecule has 23 heavy (non-hydrogen) atoms. The van der Waals surface area contributed by atoms with E-state index in [1.165, 1.54) is 30.4 Å². The molecule has 1 aromatic carbocycles. The van der Waals surface area contributed by atoms with Gasteiger partial charge in [-0.05, 0) is 30.7 Å². The van der Waals surface area contributed by atoms with Crippen LogP contribution >= 0.6 is 11.3 Å². The lowest BCUT2D eigenvalue weighted by Crippen LogP contribution is -2.25. The van der Waals surface area contributed by atoms with Gasteiger partial charge >= 0.3 is 0 Å². The fraction of sp³-hybridized carbons (Fsp3) is 0.308. The standard InChI is InChI=1S/C13H15FN4O3S2/c1-9(19)16-13-18-17-12(22-13)3-2-8-15-23(20,21)11-6-4-10(14)5-7-11/h4-7,15H,2-3,8H2,1H3,(H,16,18,19). The molecule has 2 N–H and O–H groups in total. The number of carbonyl (C=O) groups is 1. The van der Waals surface area contributed by atoms with Crippen molar-refractivity contribution in [1.82, 2.24) is 14.9 Å². The van der Waals surface area contributed by atoms with Crippen LogP contribution in [0.5, 0.6) is 0 Å². The zero-order valence-corrected chi connectivity index (χ0v) is 13.9. The van der Waals surface area contributed by atoms with Crippen LogP contribution in [0.4, 0.5) is 9.52 Å². The molecule has 0 radical (unpaired) electrons. The third-order valence-electron chi connectivity index (χ3n) is 2.73. The monoisotopic (exact) mass is 358 g/mol. The summed E-state index contributed by atoms with van der Waals surface area (Å²) in [5.41, 5.74) is 0. The van der Waals surface area contributed by atoms with Gasteiger partial charge in [0.1, 0.15) is 10.8 Å². The van der Waals surface area contributed by atoms with Gasteiger partial charge in [0.15, 0.2) is 0 Å². The summed E-state index contributed by atoms with van der Waals surface area (Å²) < 4.78 is 39.2. The SMILES string of the molecule is CC(=O)Nc1nnc(CCCNS(=O)(=O)c2ccc(F)cc2)s1. The van der Waals surface area contributed by atoms with Crippen molar-refractivity contribution < 1.29 is 17.6 Å². The molecule has 7 nitrogen and oxygen atoms in total. The van der Waals surface area contributed by atoms with Gasteiger partial charge in [-0.25, -0.2) is 17.5 Å². The maximum atomic E-state index is 12.8. The minimum absolute atomic E-state index is 0.0164. The van der Waals surface area contributed by atoms with Crippen molar-refractivity contribution in [2.24, 2.45) is 0 Å². The molecule has 10 heteroatoms. The molecule has 0 aliphatic heterocycles. The van der Waals surface area contributed by atoms with E-state index in [1.54, 1.807) is 0 Å². The molecule has 2 aromatic rings. The maximum Gasteiger partial charge on any atom is 0.240 e. The Kier molecular flexibility index (Phi) is 5.74. The summed E-state index contributed by atoms with van der Waals surface area (Å²) in [6.07, 6.45) is 1.05. The predicted octanol–water partition coefficient (Wildman–Crippen LogP) is 1.55. The Morgan fingerprint density at radius 2 is 1.96 bits per heavy atom. The molecule has 0 aliphatic rings. The molecule has 0 atom stereocenters. The number of anilines is 1. The number of nitrogens with one attached hydrogen (secondary N) is 2. The molecule has 2 rings (SSSR count). The smallest absolute Gasteiger partial charge is 0.240 e. The Bertz CT molecular complexity index is 775. The maximum absolute atomic E-state index is 12.8. The first-order valence-electron chi connectivity index (χ1n) is 6.72. The van der Waals surface area contributed by atoms with Gasteiger partial charge in [-0.1, -0.05) is 11.3 Å². The van der Waals surface area contributed by atoms with Crippen LogP contribution in [0.3, 0.4) is 0 Å². The van der Waals surface area contributed by atoms with Crippen LogP contribution in [0.25, 0.3) is 0 Å². The van der Waals surface area contributed by atoms with Gasteiger partial charge in [-0.2, -0.15) is 0 Å². The number of carbonyl (C=O) groups excluding carboxylic acids is 1. The first-order chi connectivity index (χ1) is 10.9. The predicted molar refractivity (Wildman–Crippen MR) is 84.1 cm³/mol. The van der Waals surface area contributed by atoms with E-state index < -0.39 is 15.8 Å². The van der Waals surface area contributed by atoms with Crippen LogP contribution in [0.2, 0.25) is 0 Å². The second kappa shape index (κ2) is 7.57. The number of benzene rings is 1. The minimum Gasteiger partial charge on any atom is -0.301 e. The van der Waals surface area contributed by atoms with E-state index in [4.69, 9.17) is 0 Å². The van der Waals surface area contributed by atoms with Gasteiger partial charge in [0, 0.05) is 19.9 Å². The van der Waals surface area contributed by atoms with Gasteiger partial charge in [-0.3, -0.25) is 4.79 Å². The molecule has 0 saturated carbocycles. The molecule has 1 heterocycles. The van der Waals surface area contributed by atoms with Crippen molar-refractivity contribution in [3.63, 3.8) is 0 Å². The summed E-state index contributed by atoms with van der Waals surface area (Å²) in [6.45, 7) is 1.60. The van der Waals surface area contributed by atoms with E-state index in [2.05, 4.69) is 20.2 Å². The van der Waals surface area contributed by atoms with E-state index in [0.29, 0.717) is 23.0 Å². The van der Waals surface area contributed by atoms with Crippen molar-refractivity contribution in [3.8, 4) is 0 Å². The number of hydrogen-bond acceptors (Lipinski definition) is 6. The highest BCUT2D eigenvalue weighted by Crippen LogP contribution is 2.16. The molecular formula is C13H15FN4O3S2. The van der Waals surface area contributed by atoms with Crippen LogP contribution < -0.4 is 10.0 Å². The molecule has 1 aromatic heterocycles. The number of nitrogens with zero attached hydrogens (tertiary/aromatic N) is 2. The Balaban J connectivity index is 1.81. The molecule has 0 saturated heterocycles. The minimum atomic E-state index is -3.65. The Labute approximate surface area is 137 Å². The molecular weight excluding hydrogens is 343 g/mol. The molecule has 0 unspecified atom stereocenters.